The fourth-order valence-electron chi connectivity index (χ4n) is 4.03. The van der Waals surface area contributed by atoms with Crippen molar-refractivity contribution in [3.05, 3.63) is 64.3 Å². The van der Waals surface area contributed by atoms with Crippen molar-refractivity contribution in [1.82, 2.24) is 9.47 Å². The molecule has 1 fully saturated rings. The summed E-state index contributed by atoms with van der Waals surface area (Å²) >= 11 is 3.67. The minimum atomic E-state index is -0.0167. The van der Waals surface area contributed by atoms with Crippen LogP contribution < -0.4 is 4.74 Å². The fourth-order valence-corrected chi connectivity index (χ4v) is 4.80. The molecule has 6 heteroatoms. The number of fused-ring (bicyclic) bond motifs is 1. The summed E-state index contributed by atoms with van der Waals surface area (Å²) in [5.41, 5.74) is 2.66. The maximum Gasteiger partial charge on any atom is 0.272 e. The largest absolute Gasteiger partial charge is 0.496 e. The van der Waals surface area contributed by atoms with Crippen LogP contribution in [0.25, 0.3) is 10.9 Å². The van der Waals surface area contributed by atoms with Crippen LogP contribution in [0.4, 0.5) is 0 Å². The van der Waals surface area contributed by atoms with Crippen molar-refractivity contribution in [1.29, 1.82) is 0 Å². The van der Waals surface area contributed by atoms with Gasteiger partial charge in [-0.3, -0.25) is 4.79 Å². The molecule has 0 radical (unpaired) electrons. The molecule has 2 aromatic carbocycles. The van der Waals surface area contributed by atoms with E-state index in [1.54, 1.807) is 7.11 Å². The molecule has 0 saturated carbocycles. The van der Waals surface area contributed by atoms with Crippen molar-refractivity contribution in [3.63, 3.8) is 0 Å². The highest BCUT2D eigenvalue weighted by Crippen LogP contribution is 2.32. The van der Waals surface area contributed by atoms with Crippen molar-refractivity contribution < 1.29 is 14.3 Å². The molecule has 0 aliphatic carbocycles. The molecule has 1 aromatic heterocycles. The molecule has 0 N–H and O–H groups in total. The standard InChI is InChI=1S/C23H25BrN2O3/c1-25-19-11-5-4-10-18(19)21(24)22(25)23(27)26(15-17-9-7-13-29-17)14-16-8-3-6-12-20(16)28-2/h3-6,8,10-12,17H,7,9,13-15H2,1-2H3. The molecule has 3 aromatic rings. The lowest BCUT2D eigenvalue weighted by Gasteiger charge is -2.26. The minimum absolute atomic E-state index is 0.0167. The van der Waals surface area contributed by atoms with Gasteiger partial charge in [-0.25, -0.2) is 0 Å². The molecule has 152 valence electrons. The Morgan fingerprint density at radius 3 is 2.72 bits per heavy atom. The van der Waals surface area contributed by atoms with Crippen LogP contribution in [0.15, 0.2) is 53.0 Å². The van der Waals surface area contributed by atoms with Gasteiger partial charge in [0.1, 0.15) is 11.4 Å². The third-order valence-corrected chi connectivity index (χ3v) is 6.34. The number of aryl methyl sites for hydroxylation is 1. The number of ether oxygens (including phenoxy) is 2. The number of amides is 1. The van der Waals surface area contributed by atoms with Crippen LogP contribution >= 0.6 is 15.9 Å². The highest BCUT2D eigenvalue weighted by Gasteiger charge is 2.28. The predicted molar refractivity (Wildman–Crippen MR) is 117 cm³/mol. The summed E-state index contributed by atoms with van der Waals surface area (Å²) in [6.45, 7) is 1.79. The molecule has 0 bridgehead atoms. The van der Waals surface area contributed by atoms with E-state index in [-0.39, 0.29) is 12.0 Å². The summed E-state index contributed by atoms with van der Waals surface area (Å²) in [6.07, 6.45) is 2.09. The molecule has 1 aliphatic rings. The number of hydrogen-bond acceptors (Lipinski definition) is 3. The first-order valence-electron chi connectivity index (χ1n) is 9.86. The van der Waals surface area contributed by atoms with Crippen molar-refractivity contribution in [2.75, 3.05) is 20.3 Å². The normalized spacial score (nSPS) is 16.3. The van der Waals surface area contributed by atoms with E-state index >= 15 is 0 Å². The van der Waals surface area contributed by atoms with Gasteiger partial charge in [0, 0.05) is 43.2 Å². The lowest BCUT2D eigenvalue weighted by atomic mass is 10.1. The van der Waals surface area contributed by atoms with Crippen LogP contribution in [0, 0.1) is 0 Å². The van der Waals surface area contributed by atoms with Gasteiger partial charge in [-0.1, -0.05) is 36.4 Å². The number of nitrogens with zero attached hydrogens (tertiary/aromatic N) is 2. The first-order valence-corrected chi connectivity index (χ1v) is 10.6. The first-order chi connectivity index (χ1) is 14.1. The van der Waals surface area contributed by atoms with Crippen molar-refractivity contribution in [2.24, 2.45) is 7.05 Å². The number of benzene rings is 2. The molecule has 1 unspecified atom stereocenters. The van der Waals surface area contributed by atoms with Crippen molar-refractivity contribution in [2.45, 2.75) is 25.5 Å². The quantitative estimate of drug-likeness (QED) is 0.536. The summed E-state index contributed by atoms with van der Waals surface area (Å²) in [6, 6.07) is 15.9. The van der Waals surface area contributed by atoms with E-state index in [0.717, 1.165) is 46.1 Å². The van der Waals surface area contributed by atoms with Crippen molar-refractivity contribution >= 4 is 32.7 Å². The zero-order valence-electron chi connectivity index (χ0n) is 16.7. The predicted octanol–water partition coefficient (Wildman–Crippen LogP) is 4.77. The second-order valence-electron chi connectivity index (χ2n) is 7.37. The molecule has 1 aliphatic heterocycles. The van der Waals surface area contributed by atoms with Gasteiger partial charge in [0.15, 0.2) is 0 Å². The summed E-state index contributed by atoms with van der Waals surface area (Å²) in [5, 5.41) is 1.03. The Bertz CT molecular complexity index is 985. The van der Waals surface area contributed by atoms with Gasteiger partial charge in [0.2, 0.25) is 0 Å². The van der Waals surface area contributed by atoms with Crippen LogP contribution in [0.3, 0.4) is 0 Å². The summed E-state index contributed by atoms with van der Waals surface area (Å²) in [4.78, 5) is 15.6. The van der Waals surface area contributed by atoms with E-state index in [0.29, 0.717) is 18.8 Å². The van der Waals surface area contributed by atoms with Crippen LogP contribution in [-0.4, -0.2) is 41.7 Å². The topological polar surface area (TPSA) is 43.7 Å². The van der Waals surface area contributed by atoms with E-state index in [4.69, 9.17) is 9.47 Å². The summed E-state index contributed by atoms with van der Waals surface area (Å²) < 4.78 is 14.1. The molecule has 4 rings (SSSR count). The Morgan fingerprint density at radius 2 is 2.00 bits per heavy atom. The number of carbonyl (C=O) groups excluding carboxylic acids is 1. The number of rotatable bonds is 6. The average Bonchev–Trinajstić information content (AvgIpc) is 3.34. The lowest BCUT2D eigenvalue weighted by Crippen LogP contribution is -2.38. The number of carbonyl (C=O) groups is 1. The van der Waals surface area contributed by atoms with Gasteiger partial charge in [-0.05, 0) is 40.9 Å². The molecule has 29 heavy (non-hydrogen) atoms. The average molecular weight is 457 g/mol. The maximum atomic E-state index is 13.7. The molecule has 1 amide bonds. The van der Waals surface area contributed by atoms with E-state index in [9.17, 15) is 4.79 Å². The highest BCUT2D eigenvalue weighted by molar-refractivity contribution is 9.10. The number of methoxy groups -OCH3 is 1. The maximum absolute atomic E-state index is 13.7. The van der Waals surface area contributed by atoms with E-state index < -0.39 is 0 Å². The SMILES string of the molecule is COc1ccccc1CN(CC1CCCO1)C(=O)c1c(Br)c2ccccc2n1C. The molecule has 1 saturated heterocycles. The molecular weight excluding hydrogens is 432 g/mol. The number of halogens is 1. The summed E-state index contributed by atoms with van der Waals surface area (Å²) in [5.74, 6) is 0.769. The Labute approximate surface area is 179 Å². The monoisotopic (exact) mass is 456 g/mol. The Balaban J connectivity index is 1.71. The molecule has 1 atom stereocenters. The Kier molecular flexibility index (Phi) is 5.92. The number of hydrogen-bond donors (Lipinski definition) is 0. The van der Waals surface area contributed by atoms with E-state index in [1.807, 2.05) is 65.0 Å². The zero-order valence-corrected chi connectivity index (χ0v) is 18.3. The molecule has 5 nitrogen and oxygen atoms in total. The first kappa shape index (κ1) is 20.0. The second kappa shape index (κ2) is 8.59. The second-order valence-corrected chi connectivity index (χ2v) is 8.16. The van der Waals surface area contributed by atoms with Gasteiger partial charge in [0.25, 0.3) is 5.91 Å². The third kappa shape index (κ3) is 3.91. The number of para-hydroxylation sites is 2. The lowest BCUT2D eigenvalue weighted by molar-refractivity contribution is 0.0498. The van der Waals surface area contributed by atoms with Crippen LogP contribution in [-0.2, 0) is 18.3 Å². The zero-order chi connectivity index (χ0) is 20.4. The van der Waals surface area contributed by atoms with Gasteiger partial charge >= 0.3 is 0 Å². The van der Waals surface area contributed by atoms with Crippen molar-refractivity contribution in [3.8, 4) is 5.75 Å². The fraction of sp³-hybridized carbons (Fsp3) is 0.348. The van der Waals surface area contributed by atoms with Crippen LogP contribution in [0.2, 0.25) is 0 Å². The third-order valence-electron chi connectivity index (χ3n) is 5.54. The highest BCUT2D eigenvalue weighted by atomic mass is 79.9. The number of aromatic nitrogens is 1. The molecular formula is C23H25BrN2O3. The Hall–Kier alpha value is -2.31. The molecule has 2 heterocycles. The summed E-state index contributed by atoms with van der Waals surface area (Å²) in [7, 11) is 3.60. The van der Waals surface area contributed by atoms with E-state index in [1.165, 1.54) is 0 Å². The van der Waals surface area contributed by atoms with Gasteiger partial charge in [0.05, 0.1) is 17.7 Å². The van der Waals surface area contributed by atoms with Gasteiger partial charge in [-0.15, -0.1) is 0 Å². The Morgan fingerprint density at radius 1 is 1.24 bits per heavy atom. The van der Waals surface area contributed by atoms with Gasteiger partial charge < -0.3 is 18.9 Å². The minimum Gasteiger partial charge on any atom is -0.496 e. The van der Waals surface area contributed by atoms with Crippen LogP contribution in [0.5, 0.6) is 5.75 Å². The smallest absolute Gasteiger partial charge is 0.272 e. The van der Waals surface area contributed by atoms with Gasteiger partial charge in [-0.2, -0.15) is 0 Å². The van der Waals surface area contributed by atoms with E-state index in [2.05, 4.69) is 15.9 Å². The van der Waals surface area contributed by atoms with Crippen LogP contribution in [0.1, 0.15) is 28.9 Å². The molecule has 0 spiro atoms.